The summed E-state index contributed by atoms with van der Waals surface area (Å²) in [5.41, 5.74) is -0.0226. The first-order valence-electron chi connectivity index (χ1n) is 4.75. The molecule has 1 atom stereocenters. The van der Waals surface area contributed by atoms with Crippen molar-refractivity contribution in [3.63, 3.8) is 0 Å². The number of nitrogens with one attached hydrogen (secondary N) is 2. The number of hydrogen-bond donors (Lipinski definition) is 2. The Hall–Kier alpha value is -0.570. The third-order valence-corrected chi connectivity index (χ3v) is 3.46. The predicted molar refractivity (Wildman–Crippen MR) is 46.7 cm³/mol. The fourth-order valence-corrected chi connectivity index (χ4v) is 2.43. The van der Waals surface area contributed by atoms with Gasteiger partial charge in [-0.05, 0) is 31.8 Å². The van der Waals surface area contributed by atoms with Crippen molar-refractivity contribution < 1.29 is 4.79 Å². The van der Waals surface area contributed by atoms with Crippen molar-refractivity contribution in [3.8, 4) is 0 Å². The SMILES string of the molecule is CC1CNC(=O)C12CCNCC2. The van der Waals surface area contributed by atoms with E-state index < -0.39 is 0 Å². The molecule has 1 unspecified atom stereocenters. The van der Waals surface area contributed by atoms with Crippen LogP contribution in [0.4, 0.5) is 0 Å². The maximum atomic E-state index is 11.6. The van der Waals surface area contributed by atoms with Gasteiger partial charge in [-0.2, -0.15) is 0 Å². The largest absolute Gasteiger partial charge is 0.355 e. The average molecular weight is 168 g/mol. The molecule has 2 heterocycles. The van der Waals surface area contributed by atoms with E-state index in [-0.39, 0.29) is 11.3 Å². The molecule has 0 aliphatic carbocycles. The minimum Gasteiger partial charge on any atom is -0.355 e. The number of hydrogen-bond acceptors (Lipinski definition) is 2. The number of rotatable bonds is 0. The molecule has 2 saturated heterocycles. The number of piperidine rings is 1. The molecule has 1 spiro atoms. The lowest BCUT2D eigenvalue weighted by Crippen LogP contribution is -2.44. The molecular weight excluding hydrogens is 152 g/mol. The molecule has 2 rings (SSSR count). The van der Waals surface area contributed by atoms with Gasteiger partial charge in [0, 0.05) is 6.54 Å². The highest BCUT2D eigenvalue weighted by Crippen LogP contribution is 2.40. The Morgan fingerprint density at radius 3 is 2.58 bits per heavy atom. The second-order valence-electron chi connectivity index (χ2n) is 4.02. The topological polar surface area (TPSA) is 41.1 Å². The minimum atomic E-state index is -0.0226. The Bertz CT molecular complexity index is 197. The summed E-state index contributed by atoms with van der Waals surface area (Å²) in [6.07, 6.45) is 2.03. The van der Waals surface area contributed by atoms with Gasteiger partial charge in [0.1, 0.15) is 0 Å². The van der Waals surface area contributed by atoms with E-state index in [1.54, 1.807) is 0 Å². The van der Waals surface area contributed by atoms with Gasteiger partial charge in [0.05, 0.1) is 5.41 Å². The van der Waals surface area contributed by atoms with Gasteiger partial charge in [-0.3, -0.25) is 4.79 Å². The summed E-state index contributed by atoms with van der Waals surface area (Å²) in [6, 6.07) is 0. The van der Waals surface area contributed by atoms with Crippen LogP contribution in [0.3, 0.4) is 0 Å². The second kappa shape index (κ2) is 2.73. The van der Waals surface area contributed by atoms with Crippen molar-refractivity contribution in [2.45, 2.75) is 19.8 Å². The second-order valence-corrected chi connectivity index (χ2v) is 4.02. The molecule has 12 heavy (non-hydrogen) atoms. The van der Waals surface area contributed by atoms with Crippen molar-refractivity contribution in [1.29, 1.82) is 0 Å². The van der Waals surface area contributed by atoms with Crippen LogP contribution in [0.2, 0.25) is 0 Å². The summed E-state index contributed by atoms with van der Waals surface area (Å²) in [4.78, 5) is 11.6. The molecule has 2 aliphatic rings. The van der Waals surface area contributed by atoms with Crippen molar-refractivity contribution in [3.05, 3.63) is 0 Å². The zero-order chi connectivity index (χ0) is 8.60. The summed E-state index contributed by atoms with van der Waals surface area (Å²) in [5, 5.41) is 6.26. The Kier molecular flexibility index (Phi) is 1.83. The van der Waals surface area contributed by atoms with Crippen LogP contribution in [0, 0.1) is 11.3 Å². The number of amides is 1. The van der Waals surface area contributed by atoms with E-state index >= 15 is 0 Å². The lowest BCUT2D eigenvalue weighted by molar-refractivity contribution is -0.130. The Balaban J connectivity index is 2.20. The van der Waals surface area contributed by atoms with E-state index in [4.69, 9.17) is 0 Å². The molecule has 0 aromatic heterocycles. The standard InChI is InChI=1S/C9H16N2O/c1-7-6-11-8(12)9(7)2-4-10-5-3-9/h7,10H,2-6H2,1H3,(H,11,12). The van der Waals surface area contributed by atoms with Gasteiger partial charge >= 0.3 is 0 Å². The van der Waals surface area contributed by atoms with Gasteiger partial charge in [-0.25, -0.2) is 0 Å². The molecular formula is C9H16N2O. The van der Waals surface area contributed by atoms with Gasteiger partial charge < -0.3 is 10.6 Å². The van der Waals surface area contributed by atoms with Crippen LogP contribution >= 0.6 is 0 Å². The van der Waals surface area contributed by atoms with Crippen LogP contribution in [0.1, 0.15) is 19.8 Å². The lowest BCUT2D eigenvalue weighted by atomic mass is 9.71. The summed E-state index contributed by atoms with van der Waals surface area (Å²) < 4.78 is 0. The van der Waals surface area contributed by atoms with Gasteiger partial charge in [0.15, 0.2) is 0 Å². The summed E-state index contributed by atoms with van der Waals surface area (Å²) in [5.74, 6) is 0.809. The Morgan fingerprint density at radius 1 is 1.42 bits per heavy atom. The fourth-order valence-electron chi connectivity index (χ4n) is 2.43. The normalized spacial score (nSPS) is 33.8. The quantitative estimate of drug-likeness (QED) is 0.539. The minimum absolute atomic E-state index is 0.0226. The van der Waals surface area contributed by atoms with Crippen molar-refractivity contribution in [1.82, 2.24) is 10.6 Å². The number of carbonyl (C=O) groups is 1. The van der Waals surface area contributed by atoms with Crippen molar-refractivity contribution >= 4 is 5.91 Å². The first-order valence-corrected chi connectivity index (χ1v) is 4.75. The molecule has 2 fully saturated rings. The van der Waals surface area contributed by atoms with E-state index in [2.05, 4.69) is 17.6 Å². The summed E-state index contributed by atoms with van der Waals surface area (Å²) >= 11 is 0. The van der Waals surface area contributed by atoms with Crippen LogP contribution in [-0.4, -0.2) is 25.5 Å². The zero-order valence-electron chi connectivity index (χ0n) is 7.52. The first kappa shape index (κ1) is 8.05. The van der Waals surface area contributed by atoms with Crippen LogP contribution < -0.4 is 10.6 Å². The molecule has 2 N–H and O–H groups in total. The maximum absolute atomic E-state index is 11.6. The first-order chi connectivity index (χ1) is 5.76. The third kappa shape index (κ3) is 0.959. The average Bonchev–Trinajstić information content (AvgIpc) is 2.36. The highest BCUT2D eigenvalue weighted by molar-refractivity contribution is 5.85. The molecule has 3 heteroatoms. The predicted octanol–water partition coefficient (Wildman–Crippen LogP) is 0.122. The summed E-state index contributed by atoms with van der Waals surface area (Å²) in [6.45, 7) is 5.05. The highest BCUT2D eigenvalue weighted by atomic mass is 16.2. The molecule has 0 bridgehead atoms. The van der Waals surface area contributed by atoms with Gasteiger partial charge in [0.25, 0.3) is 0 Å². The Morgan fingerprint density at radius 2 is 2.08 bits per heavy atom. The highest BCUT2D eigenvalue weighted by Gasteiger charge is 2.47. The zero-order valence-corrected chi connectivity index (χ0v) is 7.52. The fraction of sp³-hybridized carbons (Fsp3) is 0.889. The molecule has 1 amide bonds. The lowest BCUT2D eigenvalue weighted by Gasteiger charge is -2.34. The molecule has 3 nitrogen and oxygen atoms in total. The molecule has 0 radical (unpaired) electrons. The van der Waals surface area contributed by atoms with Gasteiger partial charge in [-0.1, -0.05) is 6.92 Å². The van der Waals surface area contributed by atoms with Crippen LogP contribution in [0.5, 0.6) is 0 Å². The molecule has 0 saturated carbocycles. The molecule has 0 aromatic carbocycles. The Labute approximate surface area is 72.9 Å². The van der Waals surface area contributed by atoms with E-state index in [1.807, 2.05) is 0 Å². The molecule has 0 aromatic rings. The van der Waals surface area contributed by atoms with Gasteiger partial charge in [0.2, 0.25) is 5.91 Å². The van der Waals surface area contributed by atoms with Crippen molar-refractivity contribution in [2.75, 3.05) is 19.6 Å². The van der Waals surface area contributed by atoms with Gasteiger partial charge in [-0.15, -0.1) is 0 Å². The molecule has 68 valence electrons. The van der Waals surface area contributed by atoms with Crippen LogP contribution in [0.25, 0.3) is 0 Å². The number of carbonyl (C=O) groups excluding carboxylic acids is 1. The van der Waals surface area contributed by atoms with Crippen LogP contribution in [-0.2, 0) is 4.79 Å². The van der Waals surface area contributed by atoms with Crippen molar-refractivity contribution in [2.24, 2.45) is 11.3 Å². The monoisotopic (exact) mass is 168 g/mol. The maximum Gasteiger partial charge on any atom is 0.226 e. The van der Waals surface area contributed by atoms with E-state index in [0.717, 1.165) is 32.5 Å². The van der Waals surface area contributed by atoms with E-state index in [1.165, 1.54) is 0 Å². The molecule has 2 aliphatic heterocycles. The summed E-state index contributed by atoms with van der Waals surface area (Å²) in [7, 11) is 0. The van der Waals surface area contributed by atoms with Crippen LogP contribution in [0.15, 0.2) is 0 Å². The smallest absolute Gasteiger partial charge is 0.226 e. The van der Waals surface area contributed by atoms with E-state index in [9.17, 15) is 4.79 Å². The third-order valence-electron chi connectivity index (χ3n) is 3.46. The van der Waals surface area contributed by atoms with E-state index in [0.29, 0.717) is 5.92 Å².